The van der Waals surface area contributed by atoms with Gasteiger partial charge < -0.3 is 8.92 Å². The van der Waals surface area contributed by atoms with Crippen molar-refractivity contribution < 1.29 is 61.6 Å². The zero-order valence-electron chi connectivity index (χ0n) is 19.2. The molecule has 5 nitrogen and oxygen atoms in total. The predicted molar refractivity (Wildman–Crippen MR) is 112 cm³/mol. The van der Waals surface area contributed by atoms with Crippen molar-refractivity contribution in [1.29, 1.82) is 0 Å². The molecule has 2 aromatic carbocycles. The van der Waals surface area contributed by atoms with E-state index in [1.165, 1.54) is 6.92 Å². The molecular weight excluding hydrogens is 547 g/mol. The number of benzene rings is 2. The van der Waals surface area contributed by atoms with Crippen molar-refractivity contribution in [2.45, 2.75) is 50.0 Å². The Labute approximate surface area is 205 Å². The van der Waals surface area contributed by atoms with Crippen LogP contribution in [0.5, 0.6) is 5.75 Å². The molecule has 0 spiro atoms. The third-order valence-electron chi connectivity index (χ3n) is 5.34. The van der Waals surface area contributed by atoms with E-state index in [9.17, 15) is 52.7 Å². The average molecular weight is 566 g/mol. The molecule has 0 aliphatic heterocycles. The molecule has 2 aromatic rings. The molecule has 0 radical (unpaired) electrons. The molecule has 1 atom stereocenters. The minimum absolute atomic E-state index is 0.0367. The van der Waals surface area contributed by atoms with Gasteiger partial charge in [-0.1, -0.05) is 13.3 Å². The smallest absolute Gasteiger partial charge is 0.468 e. The highest BCUT2D eigenvalue weighted by Crippen LogP contribution is 2.42. The highest BCUT2D eigenvalue weighted by molar-refractivity contribution is 7.88. The Morgan fingerprint density at radius 2 is 1.24 bits per heavy atom. The fourth-order valence-electron chi connectivity index (χ4n) is 3.52. The molecule has 2 rings (SSSR count). The van der Waals surface area contributed by atoms with E-state index < -0.39 is 67.4 Å². The molecule has 0 N–H and O–H groups in total. The second-order valence-electron chi connectivity index (χ2n) is 8.10. The summed E-state index contributed by atoms with van der Waals surface area (Å²) in [6.45, 7) is 2.87. The molecule has 0 bridgehead atoms. The van der Waals surface area contributed by atoms with Gasteiger partial charge in [-0.3, -0.25) is 4.79 Å². The number of hydrogen-bond acceptors (Lipinski definition) is 5. The maximum atomic E-state index is 13.3. The van der Waals surface area contributed by atoms with Crippen LogP contribution in [0.2, 0.25) is 0 Å². The molecule has 0 amide bonds. The lowest BCUT2D eigenvalue weighted by molar-refractivity contribution is -0.147. The van der Waals surface area contributed by atoms with Crippen LogP contribution in [0.3, 0.4) is 0 Å². The summed E-state index contributed by atoms with van der Waals surface area (Å²) in [5.74, 6) is -2.04. The molecule has 0 fully saturated rings. The first-order chi connectivity index (χ1) is 16.7. The van der Waals surface area contributed by atoms with Gasteiger partial charge in [0.15, 0.2) is 0 Å². The van der Waals surface area contributed by atoms with Crippen LogP contribution in [-0.2, 0) is 37.4 Å². The SMILES string of the molecule is CCCC(C)(C(=O)OC)c1cc(OS(=O)(=O)C(F)(F)F)cc(-c2cc(C(F)(F)F)cc(C(F)(F)F)c2)c1. The van der Waals surface area contributed by atoms with Crippen LogP contribution in [-0.4, -0.2) is 27.0 Å². The van der Waals surface area contributed by atoms with Gasteiger partial charge in [0, 0.05) is 0 Å². The van der Waals surface area contributed by atoms with Gasteiger partial charge >= 0.3 is 33.9 Å². The van der Waals surface area contributed by atoms with Gasteiger partial charge in [-0.05, 0) is 66.4 Å². The van der Waals surface area contributed by atoms with Crippen molar-refractivity contribution in [3.8, 4) is 16.9 Å². The van der Waals surface area contributed by atoms with Crippen LogP contribution in [0.15, 0.2) is 36.4 Å². The third-order valence-corrected chi connectivity index (χ3v) is 6.32. The van der Waals surface area contributed by atoms with Gasteiger partial charge in [-0.2, -0.15) is 47.9 Å². The summed E-state index contributed by atoms with van der Waals surface area (Å²) in [6, 6.07) is 2.63. The van der Waals surface area contributed by atoms with Gasteiger partial charge in [0.1, 0.15) is 5.75 Å². The fraction of sp³-hybridized carbons (Fsp3) is 0.409. The van der Waals surface area contributed by atoms with Crippen molar-refractivity contribution in [1.82, 2.24) is 0 Å². The number of halogens is 9. The lowest BCUT2D eigenvalue weighted by Gasteiger charge is -2.28. The molecular formula is C22H19F9O5S. The topological polar surface area (TPSA) is 69.7 Å². The summed E-state index contributed by atoms with van der Waals surface area (Å²) in [7, 11) is -5.31. The maximum Gasteiger partial charge on any atom is 0.534 e. The number of rotatable bonds is 7. The summed E-state index contributed by atoms with van der Waals surface area (Å²) in [5, 5.41) is 0. The second kappa shape index (κ2) is 10.1. The Morgan fingerprint density at radius 1 is 0.784 bits per heavy atom. The Balaban J connectivity index is 2.94. The van der Waals surface area contributed by atoms with E-state index in [1.807, 2.05) is 0 Å². The van der Waals surface area contributed by atoms with Gasteiger partial charge in [0.25, 0.3) is 0 Å². The summed E-state index contributed by atoms with van der Waals surface area (Å²) >= 11 is 0. The summed E-state index contributed by atoms with van der Waals surface area (Å²) in [6.07, 6.45) is -10.2. The van der Waals surface area contributed by atoms with E-state index in [0.29, 0.717) is 18.2 Å². The lowest BCUT2D eigenvalue weighted by Crippen LogP contribution is -2.34. The molecule has 0 aromatic heterocycles. The summed E-state index contributed by atoms with van der Waals surface area (Å²) in [5.41, 5.74) is -12.7. The van der Waals surface area contributed by atoms with E-state index >= 15 is 0 Å². The lowest BCUT2D eigenvalue weighted by atomic mass is 9.77. The van der Waals surface area contributed by atoms with Crippen molar-refractivity contribution in [3.05, 3.63) is 53.1 Å². The normalized spacial score (nSPS) is 14.7. The van der Waals surface area contributed by atoms with Crippen molar-refractivity contribution >= 4 is 16.1 Å². The summed E-state index contributed by atoms with van der Waals surface area (Å²) < 4.78 is 151. The molecule has 0 aliphatic rings. The van der Waals surface area contributed by atoms with Crippen LogP contribution in [0.25, 0.3) is 11.1 Å². The van der Waals surface area contributed by atoms with Crippen molar-refractivity contribution in [3.63, 3.8) is 0 Å². The molecule has 0 aliphatic carbocycles. The van der Waals surface area contributed by atoms with Gasteiger partial charge in [0.2, 0.25) is 0 Å². The van der Waals surface area contributed by atoms with E-state index in [4.69, 9.17) is 4.74 Å². The third kappa shape index (κ3) is 6.67. The van der Waals surface area contributed by atoms with Crippen LogP contribution >= 0.6 is 0 Å². The highest BCUT2D eigenvalue weighted by atomic mass is 32.2. The number of methoxy groups -OCH3 is 1. The van der Waals surface area contributed by atoms with Crippen LogP contribution in [0.4, 0.5) is 39.5 Å². The zero-order valence-corrected chi connectivity index (χ0v) is 20.0. The van der Waals surface area contributed by atoms with E-state index in [0.717, 1.165) is 19.2 Å². The Kier molecular flexibility index (Phi) is 8.23. The molecule has 0 saturated heterocycles. The van der Waals surface area contributed by atoms with Crippen molar-refractivity contribution in [2.75, 3.05) is 7.11 Å². The Bertz CT molecular complexity index is 1230. The van der Waals surface area contributed by atoms with Crippen molar-refractivity contribution in [2.24, 2.45) is 0 Å². The van der Waals surface area contributed by atoms with Gasteiger partial charge in [-0.25, -0.2) is 0 Å². The quantitative estimate of drug-likeness (QED) is 0.159. The Hall–Kier alpha value is -2.97. The first kappa shape index (κ1) is 30.3. The molecule has 0 saturated carbocycles. The molecule has 1 unspecified atom stereocenters. The zero-order chi connectivity index (χ0) is 28.6. The van der Waals surface area contributed by atoms with Gasteiger partial charge in [-0.15, -0.1) is 0 Å². The maximum absolute atomic E-state index is 13.3. The number of carbonyl (C=O) groups is 1. The predicted octanol–water partition coefficient (Wildman–Crippen LogP) is 6.85. The number of carbonyl (C=O) groups excluding carboxylic acids is 1. The first-order valence-electron chi connectivity index (χ1n) is 10.2. The minimum Gasteiger partial charge on any atom is -0.468 e. The van der Waals surface area contributed by atoms with E-state index in [2.05, 4.69) is 4.18 Å². The van der Waals surface area contributed by atoms with Crippen LogP contribution in [0, 0.1) is 0 Å². The monoisotopic (exact) mass is 566 g/mol. The minimum atomic E-state index is -6.29. The Morgan fingerprint density at radius 3 is 1.65 bits per heavy atom. The number of esters is 1. The van der Waals surface area contributed by atoms with E-state index in [1.54, 1.807) is 6.92 Å². The van der Waals surface area contributed by atoms with Crippen LogP contribution < -0.4 is 4.18 Å². The number of alkyl halides is 9. The average Bonchev–Trinajstić information content (AvgIpc) is 2.75. The molecule has 206 valence electrons. The molecule has 37 heavy (non-hydrogen) atoms. The van der Waals surface area contributed by atoms with Crippen LogP contribution in [0.1, 0.15) is 43.4 Å². The van der Waals surface area contributed by atoms with E-state index in [-0.39, 0.29) is 24.5 Å². The largest absolute Gasteiger partial charge is 0.534 e. The molecule has 0 heterocycles. The number of ether oxygens (including phenoxy) is 1. The first-order valence-corrected chi connectivity index (χ1v) is 11.6. The molecule has 15 heteroatoms. The van der Waals surface area contributed by atoms with Gasteiger partial charge in [0.05, 0.1) is 23.7 Å². The fourth-order valence-corrected chi connectivity index (χ4v) is 3.96. The second-order valence-corrected chi connectivity index (χ2v) is 9.64. The number of hydrogen-bond donors (Lipinski definition) is 0. The highest BCUT2D eigenvalue weighted by Gasteiger charge is 2.49. The summed E-state index contributed by atoms with van der Waals surface area (Å²) in [4.78, 5) is 12.5. The standard InChI is InChI=1S/C22H19F9O5S/c1-4-5-19(2,18(32)35-3)14-6-13(9-17(11-14)36-37(33,34)22(29,30)31)12-7-15(20(23,24)25)10-16(8-12)21(26,27)28/h6-11H,4-5H2,1-3H3.